The van der Waals surface area contributed by atoms with E-state index in [1.807, 2.05) is 0 Å². The molecule has 0 saturated carbocycles. The summed E-state index contributed by atoms with van der Waals surface area (Å²) < 4.78 is 102. The molecule has 0 unspecified atom stereocenters. The van der Waals surface area contributed by atoms with Crippen molar-refractivity contribution < 1.29 is 171 Å². The average Bonchev–Trinajstić information content (AvgIpc) is 1.41. The predicted molar refractivity (Wildman–Crippen MR) is 87.4 cm³/mol. The van der Waals surface area contributed by atoms with Crippen molar-refractivity contribution in [2.75, 3.05) is 0 Å². The smallest absolute Gasteiger partial charge is 1.00 e. The Morgan fingerprint density at radius 1 is 0.333 bits per heavy atom. The molecule has 30 heteroatoms. The van der Waals surface area contributed by atoms with Crippen molar-refractivity contribution in [3.63, 3.8) is 0 Å². The van der Waals surface area contributed by atoms with Crippen molar-refractivity contribution in [1.29, 1.82) is 0 Å². The largest absolute Gasteiger partial charge is 3.00 e. The first kappa shape index (κ1) is 158. The zero-order valence-electron chi connectivity index (χ0n) is 15.3. The van der Waals surface area contributed by atoms with E-state index in [1.54, 1.807) is 0 Å². The minimum atomic E-state index is -5.17. The summed E-state index contributed by atoms with van der Waals surface area (Å²) in [6, 6.07) is 0. The Labute approximate surface area is 234 Å². The Kier molecular flexibility index (Phi) is 368. The Hall–Kier alpha value is 1.83. The molecule has 0 amide bonds. The van der Waals surface area contributed by atoms with Gasteiger partial charge in [0.2, 0.25) is 0 Å². The van der Waals surface area contributed by atoms with Crippen LogP contribution in [-0.4, -0.2) is 153 Å². The molecule has 0 aromatic carbocycles. The first-order valence-electron chi connectivity index (χ1n) is 2.00. The summed E-state index contributed by atoms with van der Waals surface area (Å²) in [5.41, 5.74) is 0. The van der Waals surface area contributed by atoms with Gasteiger partial charge in [-0.25, -0.2) is 0 Å². The third-order valence-corrected chi connectivity index (χ3v) is 0. The Balaban J connectivity index is -0.00000000326. The van der Waals surface area contributed by atoms with Gasteiger partial charge in [0.25, 0.3) is 0 Å². The van der Waals surface area contributed by atoms with Crippen molar-refractivity contribution in [3.05, 3.63) is 0 Å². The van der Waals surface area contributed by atoms with Gasteiger partial charge >= 0.3 is 86.1 Å². The van der Waals surface area contributed by atoms with Crippen LogP contribution in [0.2, 0.25) is 0 Å². The molecule has 0 saturated heterocycles. The van der Waals surface area contributed by atoms with Crippen LogP contribution in [-0.2, 0) is 31.2 Å². The second-order valence-corrected chi connectivity index (χ2v) is 3.67. The normalized spacial score (nSPS) is 5.80. The zero-order valence-corrected chi connectivity index (χ0v) is 22.2. The third kappa shape index (κ3) is 7390. The molecule has 24 N–H and O–H groups in total. The first-order chi connectivity index (χ1) is 6.00. The van der Waals surface area contributed by atoms with Crippen molar-refractivity contribution >= 4 is 65.9 Å². The van der Waals surface area contributed by atoms with Gasteiger partial charge < -0.3 is 94.5 Å². The van der Waals surface area contributed by atoms with E-state index in [1.165, 1.54) is 0 Å². The van der Waals surface area contributed by atoms with Gasteiger partial charge in [-0.15, -0.1) is 0 Å². The van der Waals surface area contributed by atoms with Gasteiger partial charge in [0.05, 0.1) is 0 Å². The predicted octanol–water partition coefficient (Wildman–Crippen LogP) is -17.6. The molecule has 0 radical (unpaired) electrons. The molecule has 0 aliphatic rings. The summed E-state index contributed by atoms with van der Waals surface area (Å²) >= 11 is 0. The summed E-state index contributed by atoms with van der Waals surface area (Å²) in [5.74, 6) is 0. The van der Waals surface area contributed by atoms with Crippen LogP contribution in [0.1, 0.15) is 1.43 Å². The van der Waals surface area contributed by atoms with Crippen LogP contribution in [0, 0.1) is 0 Å². The maximum atomic E-state index is 8.52. The van der Waals surface area contributed by atoms with Crippen LogP contribution in [0.3, 0.4) is 0 Å². The molecule has 0 fully saturated rings. The Morgan fingerprint density at radius 3 is 0.333 bits per heavy atom. The monoisotopic (exact) mass is 598 g/mol. The first-order valence-corrected chi connectivity index (χ1v) is 6.00. The van der Waals surface area contributed by atoms with E-state index >= 15 is 0 Å². The summed E-state index contributed by atoms with van der Waals surface area (Å²) in [7, 11) is -15.5. The van der Waals surface area contributed by atoms with Crippen molar-refractivity contribution in [2.45, 2.75) is 0 Å². The molecule has 0 aliphatic heterocycles. The molecule has 0 bridgehead atoms. The molecule has 0 aliphatic carbocycles. The molecule has 0 rings (SSSR count). The standard InChI is InChI=1S/2Al.K.3H2O4S.12H2O.H/c;;;3*1-5(2,3)4;;;;;;;;;;;;;/h;;;3*(H2,1,2,3,4);12*1H2;/q2*+3;+1;;;;;;;;;;;;;;;;-1/p-6. The maximum Gasteiger partial charge on any atom is 3.00 e. The molecule has 194 valence electrons. The third-order valence-electron chi connectivity index (χ3n) is 0. The van der Waals surface area contributed by atoms with E-state index in [2.05, 4.69) is 0 Å². The van der Waals surface area contributed by atoms with Gasteiger partial charge in [-0.2, -0.15) is 0 Å². The minimum Gasteiger partial charge on any atom is -1.00 e. The van der Waals surface area contributed by atoms with Crippen LogP contribution < -0.4 is 51.4 Å². The van der Waals surface area contributed by atoms with Crippen LogP contribution in [0.5, 0.6) is 0 Å². The second-order valence-electron chi connectivity index (χ2n) is 1.22. The van der Waals surface area contributed by atoms with E-state index in [0.29, 0.717) is 0 Å². The average molecular weight is 598 g/mol. The summed E-state index contributed by atoms with van der Waals surface area (Å²) in [6.07, 6.45) is 0. The molecule has 0 aromatic rings. The molecule has 30 heavy (non-hydrogen) atoms. The van der Waals surface area contributed by atoms with E-state index in [0.717, 1.165) is 0 Å². The van der Waals surface area contributed by atoms with Gasteiger partial charge in [0, 0.05) is 31.2 Å². The van der Waals surface area contributed by atoms with Gasteiger partial charge in [0.15, 0.2) is 0 Å². The zero-order chi connectivity index (χ0) is 13.5. The van der Waals surface area contributed by atoms with Gasteiger partial charge in [0.1, 0.15) is 0 Å². The Bertz CT molecular complexity index is 358. The number of hydrogen-bond donors (Lipinski definition) is 0. The molecular formula is H25Al2KO24S3. The van der Waals surface area contributed by atoms with Crippen LogP contribution >= 0.6 is 0 Å². The molecular weight excluding hydrogens is 573 g/mol. The summed E-state index contributed by atoms with van der Waals surface area (Å²) in [4.78, 5) is 0. The van der Waals surface area contributed by atoms with E-state index in [9.17, 15) is 0 Å². The topological polar surface area (TPSA) is 619 Å². The molecule has 0 spiro atoms. The summed E-state index contributed by atoms with van der Waals surface area (Å²) in [6.45, 7) is 0. The second kappa shape index (κ2) is 69.8. The van der Waals surface area contributed by atoms with Crippen molar-refractivity contribution in [1.82, 2.24) is 0 Å². The van der Waals surface area contributed by atoms with E-state index in [-0.39, 0.29) is 153 Å². The minimum absolute atomic E-state index is 0. The fraction of sp³-hybridized carbons (Fsp3) is 0. The number of hydrogen-bond acceptors (Lipinski definition) is 12. The Morgan fingerprint density at radius 2 is 0.333 bits per heavy atom. The molecule has 0 atom stereocenters. The fourth-order valence-electron chi connectivity index (χ4n) is 0. The van der Waals surface area contributed by atoms with Gasteiger partial charge in [-0.3, -0.25) is 25.3 Å². The summed E-state index contributed by atoms with van der Waals surface area (Å²) in [5, 5.41) is 0. The molecule has 0 aromatic heterocycles. The van der Waals surface area contributed by atoms with E-state index < -0.39 is 31.2 Å². The quantitative estimate of drug-likeness (QED) is 0.142. The van der Waals surface area contributed by atoms with E-state index in [4.69, 9.17) is 52.6 Å². The van der Waals surface area contributed by atoms with Crippen LogP contribution in [0.15, 0.2) is 0 Å². The fourth-order valence-corrected chi connectivity index (χ4v) is 0. The maximum absolute atomic E-state index is 8.52. The van der Waals surface area contributed by atoms with Crippen molar-refractivity contribution in [3.8, 4) is 0 Å². The molecule has 0 heterocycles. The SMILES string of the molecule is O.O.O.O.O.O.O.O.O.O.O.O.O=S(=O)([O-])[O-].O=S(=O)([O-])[O-].O=S(=O)([O-])[O-].[Al+3].[Al+3].[H-].[K+]. The molecule has 24 nitrogen and oxygen atoms in total. The van der Waals surface area contributed by atoms with Crippen LogP contribution in [0.25, 0.3) is 0 Å². The van der Waals surface area contributed by atoms with Crippen LogP contribution in [0.4, 0.5) is 0 Å². The number of rotatable bonds is 0. The van der Waals surface area contributed by atoms with Gasteiger partial charge in [-0.05, 0) is 0 Å². The van der Waals surface area contributed by atoms with Gasteiger partial charge in [-0.1, -0.05) is 0 Å². The van der Waals surface area contributed by atoms with Crippen molar-refractivity contribution in [2.24, 2.45) is 0 Å².